The number of hydrogen-bond acceptors (Lipinski definition) is 16. The van der Waals surface area contributed by atoms with Crippen molar-refractivity contribution in [2.24, 2.45) is 0 Å². The highest BCUT2D eigenvalue weighted by Gasteiger charge is 2.05. The van der Waals surface area contributed by atoms with E-state index in [1.54, 1.807) is 62.0 Å². The van der Waals surface area contributed by atoms with Gasteiger partial charge in [-0.25, -0.2) is 0 Å². The minimum atomic E-state index is 0.922. The van der Waals surface area contributed by atoms with E-state index in [-0.39, 0.29) is 0 Å². The molecular formula is C101H92N16. The zero-order valence-corrected chi connectivity index (χ0v) is 67.2. The first kappa shape index (κ1) is 84.3. The molecule has 0 aliphatic carbocycles. The maximum Gasteiger partial charge on any atom is 0.0889 e. The highest BCUT2D eigenvalue weighted by molar-refractivity contribution is 5.65. The molecule has 576 valence electrons. The molecule has 2 aromatic carbocycles. The lowest BCUT2D eigenvalue weighted by atomic mass is 10.1. The van der Waals surface area contributed by atoms with Crippen LogP contribution in [-0.2, 0) is 0 Å². The van der Waals surface area contributed by atoms with Gasteiger partial charge in [0.1, 0.15) is 0 Å². The van der Waals surface area contributed by atoms with E-state index in [0.717, 1.165) is 107 Å². The van der Waals surface area contributed by atoms with Gasteiger partial charge in [0.2, 0.25) is 0 Å². The molecule has 0 radical (unpaired) electrons. The van der Waals surface area contributed by atoms with Crippen LogP contribution >= 0.6 is 0 Å². The Morgan fingerprint density at radius 2 is 0.462 bits per heavy atom. The van der Waals surface area contributed by atoms with E-state index in [9.17, 15) is 0 Å². The van der Waals surface area contributed by atoms with E-state index in [1.807, 2.05) is 315 Å². The van der Waals surface area contributed by atoms with Crippen LogP contribution in [0.15, 0.2) is 397 Å². The lowest BCUT2D eigenvalue weighted by Gasteiger charge is -2.00. The Bertz CT molecular complexity index is 4710. The molecule has 16 aromatic heterocycles. The molecule has 0 saturated heterocycles. The predicted molar refractivity (Wildman–Crippen MR) is 474 cm³/mol. The molecule has 0 spiro atoms. The van der Waals surface area contributed by atoms with Crippen molar-refractivity contribution in [3.05, 3.63) is 447 Å². The summed E-state index contributed by atoms with van der Waals surface area (Å²) in [5.41, 5.74) is 29.0. The minimum absolute atomic E-state index is 0.922. The number of pyridine rings is 16. The summed E-state index contributed by atoms with van der Waals surface area (Å²) in [5, 5.41) is 0. The summed E-state index contributed by atoms with van der Waals surface area (Å²) in [7, 11) is 0. The summed E-state index contributed by atoms with van der Waals surface area (Å²) in [6, 6.07) is 92.1. The molecular weight excluding hydrogens is 1440 g/mol. The summed E-state index contributed by atoms with van der Waals surface area (Å²) >= 11 is 0. The first-order valence-corrected chi connectivity index (χ1v) is 38.1. The van der Waals surface area contributed by atoms with Gasteiger partial charge < -0.3 is 0 Å². The van der Waals surface area contributed by atoms with Gasteiger partial charge in [-0.05, 0) is 283 Å². The first-order valence-electron chi connectivity index (χ1n) is 38.1. The van der Waals surface area contributed by atoms with E-state index < -0.39 is 0 Å². The van der Waals surface area contributed by atoms with Gasteiger partial charge in [-0.1, -0.05) is 97.1 Å². The third-order valence-corrected chi connectivity index (χ3v) is 16.9. The number of aryl methyl sites for hydroxylation is 9. The van der Waals surface area contributed by atoms with E-state index >= 15 is 0 Å². The highest BCUT2D eigenvalue weighted by atomic mass is 14.8. The van der Waals surface area contributed by atoms with E-state index in [1.165, 1.54) is 44.5 Å². The van der Waals surface area contributed by atoms with Crippen molar-refractivity contribution in [2.75, 3.05) is 0 Å². The van der Waals surface area contributed by atoms with E-state index in [2.05, 4.69) is 162 Å². The van der Waals surface area contributed by atoms with Crippen molar-refractivity contribution in [1.82, 2.24) is 79.7 Å². The van der Waals surface area contributed by atoms with Crippen LogP contribution in [0, 0.1) is 62.3 Å². The molecule has 0 aliphatic heterocycles. The summed E-state index contributed by atoms with van der Waals surface area (Å²) < 4.78 is 0. The van der Waals surface area contributed by atoms with Crippen LogP contribution in [0.3, 0.4) is 0 Å². The van der Waals surface area contributed by atoms with Crippen molar-refractivity contribution < 1.29 is 0 Å². The number of nitrogens with zero attached hydrogens (tertiary/aromatic N) is 16. The van der Waals surface area contributed by atoms with Crippen LogP contribution in [-0.4, -0.2) is 79.7 Å². The molecule has 16 nitrogen and oxygen atoms in total. The molecule has 16 heteroatoms. The smallest absolute Gasteiger partial charge is 0.0889 e. The minimum Gasteiger partial charge on any atom is -0.265 e. The molecule has 0 N–H and O–H groups in total. The van der Waals surface area contributed by atoms with Crippen LogP contribution in [0.2, 0.25) is 0 Å². The van der Waals surface area contributed by atoms with Crippen molar-refractivity contribution in [3.63, 3.8) is 0 Å². The van der Waals surface area contributed by atoms with Crippen molar-refractivity contribution in [1.29, 1.82) is 0 Å². The van der Waals surface area contributed by atoms with Gasteiger partial charge in [-0.15, -0.1) is 0 Å². The Morgan fingerprint density at radius 1 is 0.145 bits per heavy atom. The second-order valence-electron chi connectivity index (χ2n) is 26.7. The van der Waals surface area contributed by atoms with Gasteiger partial charge >= 0.3 is 0 Å². The Labute approximate surface area is 686 Å². The fraction of sp³-hybridized carbons (Fsp3) is 0.0891. The second kappa shape index (κ2) is 46.6. The fourth-order valence-electron chi connectivity index (χ4n) is 11.1. The van der Waals surface area contributed by atoms with Gasteiger partial charge in [0, 0.05) is 174 Å². The van der Waals surface area contributed by atoms with Gasteiger partial charge in [0.15, 0.2) is 0 Å². The molecule has 0 saturated carbocycles. The normalized spacial score (nSPS) is 9.92. The molecule has 18 rings (SSSR count). The average Bonchev–Trinajstić information content (AvgIpc) is 0.929. The maximum absolute atomic E-state index is 4.42. The molecule has 0 bridgehead atoms. The number of aromatic nitrogens is 16. The summed E-state index contributed by atoms with van der Waals surface area (Å²) in [5.74, 6) is 0. The molecule has 117 heavy (non-hydrogen) atoms. The van der Waals surface area contributed by atoms with Crippen LogP contribution in [0.4, 0.5) is 0 Å². The maximum atomic E-state index is 4.42. The predicted octanol–water partition coefficient (Wildman–Crippen LogP) is 23.3. The third-order valence-electron chi connectivity index (χ3n) is 16.9. The zero-order chi connectivity index (χ0) is 81.9. The van der Waals surface area contributed by atoms with Crippen molar-refractivity contribution in [2.45, 2.75) is 62.3 Å². The SMILES string of the molecule is Cc1cccc(-c2ccccn2)n1.Cc1cccc(-c2cccnc2)n1.Cc1cccc(-c2ccncc2)n1.Cc1ccnc(-c2ccccc2)c1.Cc1ccnc(-c2ccccn2)c1.Cc1ccnc(-c2cccnc2)c1.Cc1ccnc(-c2ccncc2)c1.Cc1cncc(-c2ccccc2)c1.Cc1cncc(-c2ccccn2)c1. The Balaban J connectivity index is 0.000000139. The molecule has 18 aromatic rings. The first-order chi connectivity index (χ1) is 57.2. The summed E-state index contributed by atoms with van der Waals surface area (Å²) in [4.78, 5) is 67.3. The van der Waals surface area contributed by atoms with Gasteiger partial charge in [0.05, 0.1) is 56.9 Å². The van der Waals surface area contributed by atoms with Crippen LogP contribution in [0.25, 0.3) is 101 Å². The van der Waals surface area contributed by atoms with E-state index in [4.69, 9.17) is 0 Å². The van der Waals surface area contributed by atoms with Gasteiger partial charge in [0.25, 0.3) is 0 Å². The molecule has 0 unspecified atom stereocenters. The largest absolute Gasteiger partial charge is 0.265 e. The standard InChI is InChI=1S/2C12H11N.7C11H10N2/c1-10-7-12(9-13-8-10)11-5-3-2-4-6-11;1-10-7-8-13-12(9-10)11-5-3-2-4-6-11;1-9-2-7-13-11(8-9)10-3-5-12-6-4-10;1-9-4-2-6-11(13-9)10-5-3-7-12-8-10;1-9-5-4-7-11(13-9)10-6-2-3-8-12-10;1-9-4-6-13-11(7-9)10-3-2-5-12-8-10;1-9-3-2-4-11(13-9)10-5-7-12-8-6-10;1-9-5-7-13-11(8-9)10-4-2-3-6-12-10;1-9-6-10(8-12-7-9)11-4-2-3-5-13-11/h2*2-9H,1H3;7*2-8H,1H3. The third kappa shape index (κ3) is 29.5. The van der Waals surface area contributed by atoms with Crippen LogP contribution in [0.5, 0.6) is 0 Å². The molecule has 0 aliphatic rings. The lowest BCUT2D eigenvalue weighted by Crippen LogP contribution is -1.87. The Hall–Kier alpha value is -15.2. The number of hydrogen-bond donors (Lipinski definition) is 0. The van der Waals surface area contributed by atoms with Gasteiger partial charge in [-0.2, -0.15) is 0 Å². The molecule has 16 heterocycles. The lowest BCUT2D eigenvalue weighted by molar-refractivity contribution is 1.18. The number of benzene rings is 2. The van der Waals surface area contributed by atoms with Crippen molar-refractivity contribution in [3.8, 4) is 101 Å². The van der Waals surface area contributed by atoms with Gasteiger partial charge in [-0.3, -0.25) is 79.7 Å². The van der Waals surface area contributed by atoms with E-state index in [0.29, 0.717) is 0 Å². The quantitative estimate of drug-likeness (QED) is 0.132. The summed E-state index contributed by atoms with van der Waals surface area (Å²) in [6.45, 7) is 18.3. The molecule has 0 amide bonds. The fourth-order valence-corrected chi connectivity index (χ4v) is 11.1. The monoisotopic (exact) mass is 1530 g/mol. The van der Waals surface area contributed by atoms with Crippen molar-refractivity contribution >= 4 is 0 Å². The Morgan fingerprint density at radius 3 is 0.880 bits per heavy atom. The number of rotatable bonds is 9. The zero-order valence-electron chi connectivity index (χ0n) is 67.2. The van der Waals surface area contributed by atoms with Crippen LogP contribution < -0.4 is 0 Å². The summed E-state index contributed by atoms with van der Waals surface area (Å²) in [6.07, 6.45) is 34.3. The topological polar surface area (TPSA) is 206 Å². The Kier molecular flexibility index (Phi) is 33.6. The highest BCUT2D eigenvalue weighted by Crippen LogP contribution is 2.23. The van der Waals surface area contributed by atoms with Crippen LogP contribution in [0.1, 0.15) is 50.5 Å². The second-order valence-corrected chi connectivity index (χ2v) is 26.7. The molecule has 0 fully saturated rings. The molecule has 0 atom stereocenters. The average molecular weight is 1530 g/mol.